The van der Waals surface area contributed by atoms with Crippen LogP contribution in [-0.4, -0.2) is 30.5 Å². The average molecular weight is 360 g/mol. The summed E-state index contributed by atoms with van der Waals surface area (Å²) in [6.07, 6.45) is 9.61. The van der Waals surface area contributed by atoms with Crippen molar-refractivity contribution >= 4 is 15.7 Å². The van der Waals surface area contributed by atoms with E-state index < -0.39 is 10.0 Å². The van der Waals surface area contributed by atoms with Gasteiger partial charge in [-0.25, -0.2) is 13.1 Å². The van der Waals surface area contributed by atoms with Gasteiger partial charge in [0, 0.05) is 24.5 Å². The van der Waals surface area contributed by atoms with Crippen LogP contribution >= 0.6 is 0 Å². The number of nitrogens with zero attached hydrogens (tertiary/aromatic N) is 2. The molecular formula is C18H24N4O2S. The average Bonchev–Trinajstić information content (AvgIpc) is 2.81. The molecule has 0 amide bonds. The largest absolute Gasteiger partial charge is 0.308 e. The van der Waals surface area contributed by atoms with Gasteiger partial charge < -0.3 is 5.32 Å². The van der Waals surface area contributed by atoms with Gasteiger partial charge in [0.15, 0.2) is 0 Å². The van der Waals surface area contributed by atoms with Crippen molar-refractivity contribution in [2.45, 2.75) is 44.7 Å². The summed E-state index contributed by atoms with van der Waals surface area (Å²) in [4.78, 5) is 0. The van der Waals surface area contributed by atoms with Gasteiger partial charge in [-0.2, -0.15) is 5.10 Å². The van der Waals surface area contributed by atoms with Gasteiger partial charge in [0.1, 0.15) is 0 Å². The van der Waals surface area contributed by atoms with Crippen molar-refractivity contribution in [2.24, 2.45) is 5.92 Å². The number of sulfonamides is 1. The predicted molar refractivity (Wildman–Crippen MR) is 98.3 cm³/mol. The van der Waals surface area contributed by atoms with E-state index in [0.29, 0.717) is 11.7 Å². The molecule has 2 aliphatic rings. The van der Waals surface area contributed by atoms with Gasteiger partial charge in [-0.1, -0.05) is 6.42 Å². The predicted octanol–water partition coefficient (Wildman–Crippen LogP) is 2.45. The van der Waals surface area contributed by atoms with Gasteiger partial charge >= 0.3 is 0 Å². The molecule has 6 nitrogen and oxygen atoms in total. The van der Waals surface area contributed by atoms with E-state index in [1.54, 1.807) is 12.1 Å². The second-order valence-electron chi connectivity index (χ2n) is 7.18. The lowest BCUT2D eigenvalue weighted by Crippen LogP contribution is -2.38. The lowest BCUT2D eigenvalue weighted by atomic mass is 9.78. The number of rotatable bonds is 4. The summed E-state index contributed by atoms with van der Waals surface area (Å²) in [6.45, 7) is 0.831. The zero-order valence-electron chi connectivity index (χ0n) is 14.4. The highest BCUT2D eigenvalue weighted by molar-refractivity contribution is 7.92. The zero-order valence-corrected chi connectivity index (χ0v) is 15.2. The summed E-state index contributed by atoms with van der Waals surface area (Å²) in [7, 11) is -3.25. The topological polar surface area (TPSA) is 76.0 Å². The molecule has 7 heteroatoms. The van der Waals surface area contributed by atoms with Crippen molar-refractivity contribution < 1.29 is 8.42 Å². The summed E-state index contributed by atoms with van der Waals surface area (Å²) in [5, 5.41) is 8.43. The number of aromatic nitrogens is 2. The van der Waals surface area contributed by atoms with Crippen LogP contribution in [0.4, 0.5) is 5.69 Å². The first-order chi connectivity index (χ1) is 12.0. The Morgan fingerprint density at radius 3 is 2.60 bits per heavy atom. The first-order valence-electron chi connectivity index (χ1n) is 8.87. The summed E-state index contributed by atoms with van der Waals surface area (Å²) in [6, 6.07) is 7.91. The molecule has 1 atom stereocenters. The smallest absolute Gasteiger partial charge is 0.229 e. The van der Waals surface area contributed by atoms with Crippen LogP contribution < -0.4 is 10.0 Å². The molecule has 0 bridgehead atoms. The second-order valence-corrected chi connectivity index (χ2v) is 8.93. The van der Waals surface area contributed by atoms with Crippen LogP contribution in [0.1, 0.15) is 36.9 Å². The first-order valence-corrected chi connectivity index (χ1v) is 10.8. The SMILES string of the molecule is CS(=O)(=O)Nc1ccc(-n2cc3c(n2)CNC(C2CCC2)CC3)cc1. The van der Waals surface area contributed by atoms with E-state index in [0.717, 1.165) is 36.5 Å². The Labute approximate surface area is 148 Å². The zero-order chi connectivity index (χ0) is 17.4. The van der Waals surface area contributed by atoms with Crippen LogP contribution in [0, 0.1) is 5.92 Å². The molecule has 2 N–H and O–H groups in total. The molecule has 1 fully saturated rings. The fourth-order valence-corrected chi connectivity index (χ4v) is 4.28. The fraction of sp³-hybridized carbons (Fsp3) is 0.500. The lowest BCUT2D eigenvalue weighted by molar-refractivity contribution is 0.221. The van der Waals surface area contributed by atoms with E-state index in [-0.39, 0.29) is 0 Å². The molecule has 1 aliphatic carbocycles. The van der Waals surface area contributed by atoms with Gasteiger partial charge in [-0.15, -0.1) is 0 Å². The highest BCUT2D eigenvalue weighted by Crippen LogP contribution is 2.33. The van der Waals surface area contributed by atoms with Crippen LogP contribution in [0.3, 0.4) is 0 Å². The molecule has 2 aromatic rings. The fourth-order valence-electron chi connectivity index (χ4n) is 3.72. The minimum absolute atomic E-state index is 0.560. The maximum absolute atomic E-state index is 11.3. The molecule has 2 heterocycles. The Bertz CT molecular complexity index is 828. The molecule has 1 unspecified atom stereocenters. The summed E-state index contributed by atoms with van der Waals surface area (Å²) in [5.41, 5.74) is 3.93. The number of aryl methyl sites for hydroxylation is 1. The van der Waals surface area contributed by atoms with Gasteiger partial charge in [-0.3, -0.25) is 4.72 Å². The molecule has 4 rings (SSSR count). The molecule has 0 spiro atoms. The standard InChI is InChI=1S/C18H24N4O2S/c1-25(23,24)21-15-6-8-16(9-7-15)22-12-14-5-10-17(13-3-2-4-13)19-11-18(14)20-22/h6-9,12-13,17,19,21H,2-5,10-11H2,1H3. The Kier molecular flexibility index (Phi) is 4.29. The number of benzene rings is 1. The number of hydrogen-bond acceptors (Lipinski definition) is 4. The molecule has 0 radical (unpaired) electrons. The van der Waals surface area contributed by atoms with Crippen LogP contribution in [0.15, 0.2) is 30.5 Å². The van der Waals surface area contributed by atoms with Crippen molar-refractivity contribution in [3.63, 3.8) is 0 Å². The van der Waals surface area contributed by atoms with Crippen LogP contribution in [0.2, 0.25) is 0 Å². The number of hydrogen-bond donors (Lipinski definition) is 2. The van der Waals surface area contributed by atoms with Crippen LogP contribution in [0.5, 0.6) is 0 Å². The molecule has 134 valence electrons. The summed E-state index contributed by atoms with van der Waals surface area (Å²) < 4.78 is 26.9. The molecule has 1 aromatic carbocycles. The van der Waals surface area contributed by atoms with Crippen molar-refractivity contribution in [3.05, 3.63) is 41.7 Å². The minimum Gasteiger partial charge on any atom is -0.308 e. The summed E-state index contributed by atoms with van der Waals surface area (Å²) in [5.74, 6) is 0.853. The molecule has 0 saturated heterocycles. The Hall–Kier alpha value is -1.86. The van der Waals surface area contributed by atoms with E-state index in [1.165, 1.54) is 31.2 Å². The van der Waals surface area contributed by atoms with Crippen molar-refractivity contribution in [3.8, 4) is 5.69 Å². The van der Waals surface area contributed by atoms with E-state index in [2.05, 4.69) is 16.2 Å². The second kappa shape index (κ2) is 6.46. The monoisotopic (exact) mass is 360 g/mol. The molecule has 1 saturated carbocycles. The maximum Gasteiger partial charge on any atom is 0.229 e. The van der Waals surface area contributed by atoms with Crippen molar-refractivity contribution in [1.82, 2.24) is 15.1 Å². The van der Waals surface area contributed by atoms with E-state index in [1.807, 2.05) is 16.8 Å². The van der Waals surface area contributed by atoms with Gasteiger partial charge in [-0.05, 0) is 61.4 Å². The lowest BCUT2D eigenvalue weighted by Gasteiger charge is -2.33. The first kappa shape index (κ1) is 16.6. The molecule has 1 aliphatic heterocycles. The van der Waals surface area contributed by atoms with Gasteiger partial charge in [0.05, 0.1) is 17.6 Å². The molecule has 25 heavy (non-hydrogen) atoms. The number of anilines is 1. The normalized spacial score (nSPS) is 21.2. The number of fused-ring (bicyclic) bond motifs is 1. The van der Waals surface area contributed by atoms with Crippen LogP contribution in [0.25, 0.3) is 5.69 Å². The van der Waals surface area contributed by atoms with Gasteiger partial charge in [0.25, 0.3) is 0 Å². The Morgan fingerprint density at radius 2 is 1.96 bits per heavy atom. The molecular weight excluding hydrogens is 336 g/mol. The molecule has 1 aromatic heterocycles. The van der Waals surface area contributed by atoms with E-state index in [4.69, 9.17) is 5.10 Å². The highest BCUT2D eigenvalue weighted by Gasteiger charge is 2.29. The third-order valence-corrected chi connectivity index (χ3v) is 5.89. The Morgan fingerprint density at radius 1 is 1.20 bits per heavy atom. The summed E-state index contributed by atoms with van der Waals surface area (Å²) >= 11 is 0. The minimum atomic E-state index is -3.25. The van der Waals surface area contributed by atoms with Crippen LogP contribution in [-0.2, 0) is 23.0 Å². The van der Waals surface area contributed by atoms with Crippen molar-refractivity contribution in [1.29, 1.82) is 0 Å². The quantitative estimate of drug-likeness (QED) is 0.878. The third kappa shape index (κ3) is 3.72. The van der Waals surface area contributed by atoms with E-state index in [9.17, 15) is 8.42 Å². The van der Waals surface area contributed by atoms with Crippen molar-refractivity contribution in [2.75, 3.05) is 11.0 Å². The maximum atomic E-state index is 11.3. The highest BCUT2D eigenvalue weighted by atomic mass is 32.2. The van der Waals surface area contributed by atoms with Gasteiger partial charge in [0.2, 0.25) is 10.0 Å². The third-order valence-electron chi connectivity index (χ3n) is 5.29. The van der Waals surface area contributed by atoms with E-state index >= 15 is 0 Å². The Balaban J connectivity index is 1.48. The number of nitrogens with one attached hydrogen (secondary N) is 2.